The highest BCUT2D eigenvalue weighted by molar-refractivity contribution is 6.31. The van der Waals surface area contributed by atoms with Crippen LogP contribution in [0.15, 0.2) is 78.9 Å². The zero-order valence-corrected chi connectivity index (χ0v) is 18.5. The number of benzene rings is 3. The van der Waals surface area contributed by atoms with Gasteiger partial charge in [0.25, 0.3) is 0 Å². The Labute approximate surface area is 193 Å². The van der Waals surface area contributed by atoms with E-state index < -0.39 is 0 Å². The van der Waals surface area contributed by atoms with Gasteiger partial charge >= 0.3 is 0 Å². The number of halogens is 2. The molecule has 0 spiro atoms. The summed E-state index contributed by atoms with van der Waals surface area (Å²) in [6.07, 6.45) is 1.77. The number of nitrogens with one attached hydrogen (secondary N) is 1. The van der Waals surface area contributed by atoms with Crippen LogP contribution in [-0.4, -0.2) is 29.2 Å². The second-order valence-corrected chi connectivity index (χ2v) is 7.92. The zero-order valence-electron chi connectivity index (χ0n) is 17.0. The number of nitrogens with zero attached hydrogens (tertiary/aromatic N) is 1. The van der Waals surface area contributed by atoms with Crippen LogP contribution in [-0.2, 0) is 11.3 Å². The molecule has 1 fully saturated rings. The van der Waals surface area contributed by atoms with Crippen LogP contribution in [0.4, 0.5) is 5.69 Å². The van der Waals surface area contributed by atoms with Crippen molar-refractivity contribution in [2.75, 3.05) is 11.9 Å². The third-order valence-corrected chi connectivity index (χ3v) is 5.65. The Morgan fingerprint density at radius 3 is 2.35 bits per heavy atom. The summed E-state index contributed by atoms with van der Waals surface area (Å²) in [4.78, 5) is 28.3. The highest BCUT2D eigenvalue weighted by Crippen LogP contribution is 2.26. The van der Waals surface area contributed by atoms with Crippen molar-refractivity contribution in [3.63, 3.8) is 0 Å². The van der Waals surface area contributed by atoms with Crippen LogP contribution < -0.4 is 5.32 Å². The number of carbonyl (C=O) groups is 2. The molecule has 0 aliphatic carbocycles. The lowest BCUT2D eigenvalue weighted by molar-refractivity contribution is -0.120. The van der Waals surface area contributed by atoms with E-state index in [4.69, 9.17) is 11.6 Å². The third-order valence-electron chi connectivity index (χ3n) is 5.41. The number of rotatable bonds is 6. The first-order valence-electron chi connectivity index (χ1n) is 10.1. The van der Waals surface area contributed by atoms with Crippen molar-refractivity contribution in [2.24, 2.45) is 0 Å². The van der Waals surface area contributed by atoms with Crippen molar-refractivity contribution in [2.45, 2.75) is 25.4 Å². The molecule has 31 heavy (non-hydrogen) atoms. The van der Waals surface area contributed by atoms with Gasteiger partial charge in [0.15, 0.2) is 5.78 Å². The number of anilines is 1. The van der Waals surface area contributed by atoms with E-state index in [1.807, 2.05) is 36.4 Å². The maximum Gasteiger partial charge on any atom is 0.241 e. The van der Waals surface area contributed by atoms with Gasteiger partial charge in [0.05, 0.1) is 11.7 Å². The van der Waals surface area contributed by atoms with Crippen LogP contribution >= 0.6 is 24.0 Å². The molecular formula is C25H24Cl2N2O2. The van der Waals surface area contributed by atoms with E-state index in [9.17, 15) is 9.59 Å². The van der Waals surface area contributed by atoms with Crippen LogP contribution in [0, 0.1) is 0 Å². The van der Waals surface area contributed by atoms with Gasteiger partial charge in [0.2, 0.25) is 5.91 Å². The van der Waals surface area contributed by atoms with E-state index in [1.165, 1.54) is 5.56 Å². The summed E-state index contributed by atoms with van der Waals surface area (Å²) in [6.45, 7) is 1.61. The van der Waals surface area contributed by atoms with Gasteiger partial charge in [-0.2, -0.15) is 0 Å². The number of likely N-dealkylation sites (tertiary alicyclic amines) is 1. The standard InChI is InChI=1S/C25H23ClN2O2.ClH/c26-20-13-14-22(21(16-20)24(29)19-10-5-2-6-11-19)27-25(30)23-12-7-15-28(23)17-18-8-3-1-4-9-18;/h1-6,8-11,13-14,16,23H,7,12,15,17H2,(H,27,30);1H/t23-;/m1./s1. The SMILES string of the molecule is Cl.O=C(c1ccccc1)c1cc(Cl)ccc1NC(=O)[C@H]1CCCN1Cc1ccccc1. The van der Waals surface area contributed by atoms with E-state index in [0.717, 1.165) is 25.9 Å². The minimum Gasteiger partial charge on any atom is -0.324 e. The lowest BCUT2D eigenvalue weighted by Crippen LogP contribution is -2.39. The molecule has 0 bridgehead atoms. The Bertz CT molecular complexity index is 1040. The third kappa shape index (κ3) is 5.53. The van der Waals surface area contributed by atoms with E-state index >= 15 is 0 Å². The molecular weight excluding hydrogens is 431 g/mol. The van der Waals surface area contributed by atoms with Gasteiger partial charge in [-0.1, -0.05) is 72.3 Å². The highest BCUT2D eigenvalue weighted by atomic mass is 35.5. The quantitative estimate of drug-likeness (QED) is 0.493. The summed E-state index contributed by atoms with van der Waals surface area (Å²) < 4.78 is 0. The molecule has 1 atom stereocenters. The summed E-state index contributed by atoms with van der Waals surface area (Å²) in [5, 5.41) is 3.44. The van der Waals surface area contributed by atoms with Crippen LogP contribution in [0.2, 0.25) is 5.02 Å². The first kappa shape index (κ1) is 23.0. The number of hydrogen-bond acceptors (Lipinski definition) is 3. The van der Waals surface area contributed by atoms with Crippen LogP contribution in [0.3, 0.4) is 0 Å². The second kappa shape index (κ2) is 10.6. The molecule has 4 nitrogen and oxygen atoms in total. The molecule has 1 heterocycles. The van der Waals surface area contributed by atoms with Crippen LogP contribution in [0.5, 0.6) is 0 Å². The van der Waals surface area contributed by atoms with E-state index in [0.29, 0.717) is 21.8 Å². The average Bonchev–Trinajstić information content (AvgIpc) is 3.24. The van der Waals surface area contributed by atoms with Crippen molar-refractivity contribution in [3.8, 4) is 0 Å². The minimum atomic E-state index is -0.222. The first-order chi connectivity index (χ1) is 14.6. The van der Waals surface area contributed by atoms with Crippen molar-refractivity contribution in [3.05, 3.63) is 101 Å². The van der Waals surface area contributed by atoms with Gasteiger partial charge in [-0.05, 0) is 43.1 Å². The molecule has 3 aromatic rings. The Morgan fingerprint density at radius 1 is 0.968 bits per heavy atom. The molecule has 3 aromatic carbocycles. The minimum absolute atomic E-state index is 0. The maximum absolute atomic E-state index is 13.1. The fourth-order valence-electron chi connectivity index (χ4n) is 3.90. The zero-order chi connectivity index (χ0) is 20.9. The van der Waals surface area contributed by atoms with Gasteiger partial charge in [0.1, 0.15) is 0 Å². The van der Waals surface area contributed by atoms with Crippen LogP contribution in [0.25, 0.3) is 0 Å². The first-order valence-corrected chi connectivity index (χ1v) is 10.5. The Hall–Kier alpha value is -2.66. The lowest BCUT2D eigenvalue weighted by atomic mass is 10.0. The van der Waals surface area contributed by atoms with Gasteiger partial charge in [0, 0.05) is 22.7 Å². The normalized spacial score (nSPS) is 15.8. The molecule has 0 unspecified atom stereocenters. The molecule has 0 radical (unpaired) electrons. The largest absolute Gasteiger partial charge is 0.324 e. The highest BCUT2D eigenvalue weighted by Gasteiger charge is 2.31. The maximum atomic E-state index is 13.1. The molecule has 1 saturated heterocycles. The predicted molar refractivity (Wildman–Crippen MR) is 127 cm³/mol. The second-order valence-electron chi connectivity index (χ2n) is 7.49. The van der Waals surface area contributed by atoms with E-state index in [2.05, 4.69) is 22.3 Å². The molecule has 160 valence electrons. The van der Waals surface area contributed by atoms with Gasteiger partial charge in [-0.25, -0.2) is 0 Å². The van der Waals surface area contributed by atoms with E-state index in [-0.39, 0.29) is 30.1 Å². The average molecular weight is 455 g/mol. The summed E-state index contributed by atoms with van der Waals surface area (Å²) in [6, 6.07) is 23.9. The van der Waals surface area contributed by atoms with Gasteiger partial charge in [-0.3, -0.25) is 14.5 Å². The number of carbonyl (C=O) groups excluding carboxylic acids is 2. The number of ketones is 1. The van der Waals surface area contributed by atoms with Crippen molar-refractivity contribution >= 4 is 41.4 Å². The van der Waals surface area contributed by atoms with Gasteiger partial charge in [-0.15, -0.1) is 12.4 Å². The van der Waals surface area contributed by atoms with Crippen molar-refractivity contribution < 1.29 is 9.59 Å². The lowest BCUT2D eigenvalue weighted by Gasteiger charge is -2.24. The molecule has 6 heteroatoms. The molecule has 4 rings (SSSR count). The molecule has 1 N–H and O–H groups in total. The summed E-state index contributed by atoms with van der Waals surface area (Å²) in [5.41, 5.74) is 2.63. The van der Waals surface area contributed by atoms with E-state index in [1.54, 1.807) is 30.3 Å². The predicted octanol–water partition coefficient (Wildman–Crippen LogP) is 5.60. The number of amides is 1. The fourth-order valence-corrected chi connectivity index (χ4v) is 4.08. The Kier molecular flexibility index (Phi) is 7.85. The molecule has 1 aliphatic heterocycles. The molecule has 0 aromatic heterocycles. The topological polar surface area (TPSA) is 49.4 Å². The van der Waals surface area contributed by atoms with Crippen LogP contribution in [0.1, 0.15) is 34.3 Å². The summed E-state index contributed by atoms with van der Waals surface area (Å²) >= 11 is 6.15. The smallest absolute Gasteiger partial charge is 0.241 e. The number of hydrogen-bond donors (Lipinski definition) is 1. The Balaban J connectivity index is 0.00000272. The van der Waals surface area contributed by atoms with Gasteiger partial charge < -0.3 is 5.32 Å². The van der Waals surface area contributed by atoms with Crippen molar-refractivity contribution in [1.82, 2.24) is 4.90 Å². The fraction of sp³-hybridized carbons (Fsp3) is 0.200. The monoisotopic (exact) mass is 454 g/mol. The van der Waals surface area contributed by atoms with Crippen molar-refractivity contribution in [1.29, 1.82) is 0 Å². The molecule has 1 aliphatic rings. The Morgan fingerprint density at radius 2 is 1.65 bits per heavy atom. The summed E-state index contributed by atoms with van der Waals surface area (Å²) in [7, 11) is 0. The summed E-state index contributed by atoms with van der Waals surface area (Å²) in [5.74, 6) is -0.256. The molecule has 1 amide bonds. The molecule has 0 saturated carbocycles.